The number of fused-ring (bicyclic) bond motifs is 1. The van der Waals surface area contributed by atoms with Gasteiger partial charge in [-0.25, -0.2) is 4.79 Å². The molecule has 1 aromatic carbocycles. The smallest absolute Gasteiger partial charge is 0.337 e. The third-order valence-electron chi connectivity index (χ3n) is 4.97. The van der Waals surface area contributed by atoms with Gasteiger partial charge in [-0.05, 0) is 63.2 Å². The van der Waals surface area contributed by atoms with Crippen LogP contribution in [-0.2, 0) is 18.7 Å². The molecule has 4 nitrogen and oxygen atoms in total. The molecule has 2 aliphatic rings. The van der Waals surface area contributed by atoms with Gasteiger partial charge in [-0.1, -0.05) is 18.0 Å². The van der Waals surface area contributed by atoms with Crippen molar-refractivity contribution >= 4 is 31.6 Å². The van der Waals surface area contributed by atoms with Gasteiger partial charge in [0.1, 0.15) is 5.76 Å². The Bertz CT molecular complexity index is 708. The largest absolute Gasteiger partial charge is 0.466 e. The van der Waals surface area contributed by atoms with Gasteiger partial charge in [0.2, 0.25) is 5.79 Å². The first-order chi connectivity index (χ1) is 12.2. The third-order valence-corrected chi connectivity index (χ3v) is 6.18. The Kier molecular flexibility index (Phi) is 5.52. The number of hydrogen-bond donors (Lipinski definition) is 0. The van der Waals surface area contributed by atoms with Crippen LogP contribution in [0.25, 0.3) is 5.76 Å². The van der Waals surface area contributed by atoms with E-state index in [2.05, 4.69) is 19.6 Å². The van der Waals surface area contributed by atoms with Gasteiger partial charge in [-0.3, -0.25) is 0 Å². The van der Waals surface area contributed by atoms with Crippen LogP contribution in [0.1, 0.15) is 37.7 Å². The Hall–Kier alpha value is -1.30. The SMILES string of the molecule is COC(=O)C1=C(c2ccc(Cl)cc2)O[C@]2(O[Si](C)(C)C)CCCC[C@@H]2C1. The molecule has 0 bridgehead atoms. The highest BCUT2D eigenvalue weighted by Gasteiger charge is 2.51. The fraction of sp³-hybridized carbons (Fsp3) is 0.550. The molecule has 6 heteroatoms. The van der Waals surface area contributed by atoms with Crippen molar-refractivity contribution in [2.24, 2.45) is 5.92 Å². The van der Waals surface area contributed by atoms with E-state index in [1.807, 2.05) is 12.1 Å². The number of esters is 1. The number of carbonyl (C=O) groups excluding carboxylic acids is 1. The molecule has 0 N–H and O–H groups in total. The second kappa shape index (κ2) is 7.37. The van der Waals surface area contributed by atoms with Gasteiger partial charge in [-0.15, -0.1) is 0 Å². The second-order valence-electron chi connectivity index (χ2n) is 8.08. The summed E-state index contributed by atoms with van der Waals surface area (Å²) in [6.07, 6.45) is 4.68. The standard InChI is InChI=1S/C20H27ClO4Si/c1-23-19(22)17-13-15-7-5-6-12-20(15,25-26(2,3)4)24-18(17)14-8-10-16(21)11-9-14/h8-11,15H,5-7,12-13H2,1-4H3/t15-,20+/m1/s1. The molecule has 0 saturated heterocycles. The Morgan fingerprint density at radius 3 is 2.54 bits per heavy atom. The van der Waals surface area contributed by atoms with Crippen LogP contribution >= 0.6 is 11.6 Å². The first-order valence-corrected chi connectivity index (χ1v) is 13.0. The predicted octanol–water partition coefficient (Wildman–Crippen LogP) is 5.38. The second-order valence-corrected chi connectivity index (χ2v) is 12.9. The summed E-state index contributed by atoms with van der Waals surface area (Å²) in [5, 5.41) is 0.647. The molecule has 1 aromatic rings. The van der Waals surface area contributed by atoms with E-state index >= 15 is 0 Å². The van der Waals surface area contributed by atoms with E-state index in [1.165, 1.54) is 7.11 Å². The van der Waals surface area contributed by atoms with Crippen LogP contribution in [0.15, 0.2) is 29.8 Å². The molecule has 0 amide bonds. The van der Waals surface area contributed by atoms with Crippen molar-refractivity contribution < 1.29 is 18.7 Å². The molecular formula is C20H27ClO4Si. The molecule has 1 heterocycles. The van der Waals surface area contributed by atoms with E-state index in [0.29, 0.717) is 22.8 Å². The number of benzene rings is 1. The van der Waals surface area contributed by atoms with Crippen molar-refractivity contribution in [2.45, 2.75) is 57.5 Å². The Morgan fingerprint density at radius 2 is 1.92 bits per heavy atom. The topological polar surface area (TPSA) is 44.8 Å². The third kappa shape index (κ3) is 4.00. The van der Waals surface area contributed by atoms with Gasteiger partial charge in [-0.2, -0.15) is 0 Å². The highest BCUT2D eigenvalue weighted by molar-refractivity contribution is 6.69. The van der Waals surface area contributed by atoms with Gasteiger partial charge in [0.25, 0.3) is 0 Å². The molecule has 2 atom stereocenters. The monoisotopic (exact) mass is 394 g/mol. The number of carbonyl (C=O) groups is 1. The fourth-order valence-corrected chi connectivity index (χ4v) is 5.43. The number of ether oxygens (including phenoxy) is 2. The molecule has 1 aliphatic carbocycles. The lowest BCUT2D eigenvalue weighted by Gasteiger charge is -2.50. The summed E-state index contributed by atoms with van der Waals surface area (Å²) < 4.78 is 18.2. The molecular weight excluding hydrogens is 368 g/mol. The van der Waals surface area contributed by atoms with Crippen molar-refractivity contribution in [3.05, 3.63) is 40.4 Å². The Labute approximate surface area is 161 Å². The summed E-state index contributed by atoms with van der Waals surface area (Å²) >= 11 is 6.03. The first-order valence-electron chi connectivity index (χ1n) is 9.21. The van der Waals surface area contributed by atoms with Gasteiger partial charge in [0.05, 0.1) is 12.7 Å². The quantitative estimate of drug-likeness (QED) is 0.507. The molecule has 1 fully saturated rings. The maximum Gasteiger partial charge on any atom is 0.337 e. The van der Waals surface area contributed by atoms with E-state index in [-0.39, 0.29) is 11.9 Å². The highest BCUT2D eigenvalue weighted by atomic mass is 35.5. The summed E-state index contributed by atoms with van der Waals surface area (Å²) in [6, 6.07) is 7.38. The number of halogens is 1. The fourth-order valence-electron chi connectivity index (χ4n) is 3.96. The highest BCUT2D eigenvalue weighted by Crippen LogP contribution is 2.50. The van der Waals surface area contributed by atoms with Crippen LogP contribution in [0.5, 0.6) is 0 Å². The molecule has 0 radical (unpaired) electrons. The van der Waals surface area contributed by atoms with Gasteiger partial charge in [0.15, 0.2) is 8.32 Å². The lowest BCUT2D eigenvalue weighted by molar-refractivity contribution is -0.206. The molecule has 1 aliphatic heterocycles. The lowest BCUT2D eigenvalue weighted by atomic mass is 9.77. The zero-order valence-electron chi connectivity index (χ0n) is 15.9. The Morgan fingerprint density at radius 1 is 1.23 bits per heavy atom. The minimum Gasteiger partial charge on any atom is -0.466 e. The van der Waals surface area contributed by atoms with E-state index in [0.717, 1.165) is 31.2 Å². The zero-order valence-corrected chi connectivity index (χ0v) is 17.7. The first kappa shape index (κ1) is 19.5. The number of methoxy groups -OCH3 is 1. The van der Waals surface area contributed by atoms with Gasteiger partial charge >= 0.3 is 5.97 Å². The normalized spacial score (nSPS) is 26.1. The van der Waals surface area contributed by atoms with Gasteiger partial charge < -0.3 is 13.9 Å². The summed E-state index contributed by atoms with van der Waals surface area (Å²) in [6.45, 7) is 6.54. The average molecular weight is 395 g/mol. The molecule has 3 rings (SSSR count). The van der Waals surface area contributed by atoms with Crippen molar-refractivity contribution in [3.63, 3.8) is 0 Å². The maximum absolute atomic E-state index is 12.5. The van der Waals surface area contributed by atoms with Crippen LogP contribution in [-0.4, -0.2) is 27.2 Å². The van der Waals surface area contributed by atoms with E-state index < -0.39 is 14.1 Å². The summed E-state index contributed by atoms with van der Waals surface area (Å²) in [4.78, 5) is 12.5. The average Bonchev–Trinajstić information content (AvgIpc) is 2.59. The van der Waals surface area contributed by atoms with Crippen molar-refractivity contribution in [2.75, 3.05) is 7.11 Å². The van der Waals surface area contributed by atoms with E-state index in [9.17, 15) is 4.79 Å². The van der Waals surface area contributed by atoms with Gasteiger partial charge in [0, 0.05) is 22.9 Å². The van der Waals surface area contributed by atoms with E-state index in [4.69, 9.17) is 25.5 Å². The van der Waals surface area contributed by atoms with Crippen molar-refractivity contribution in [1.29, 1.82) is 0 Å². The molecule has 0 aromatic heterocycles. The van der Waals surface area contributed by atoms with E-state index in [1.54, 1.807) is 12.1 Å². The molecule has 0 unspecified atom stereocenters. The van der Waals surface area contributed by atoms with Crippen molar-refractivity contribution in [1.82, 2.24) is 0 Å². The summed E-state index contributed by atoms with van der Waals surface area (Å²) in [5.41, 5.74) is 1.42. The van der Waals surface area contributed by atoms with Crippen molar-refractivity contribution in [3.8, 4) is 0 Å². The predicted molar refractivity (Wildman–Crippen MR) is 105 cm³/mol. The van der Waals surface area contributed by atoms with Crippen LogP contribution in [0.4, 0.5) is 0 Å². The molecule has 0 spiro atoms. The lowest BCUT2D eigenvalue weighted by Crippen LogP contribution is -2.53. The maximum atomic E-state index is 12.5. The number of hydrogen-bond acceptors (Lipinski definition) is 4. The molecule has 142 valence electrons. The van der Waals surface area contributed by atoms with Crippen LogP contribution in [0.3, 0.4) is 0 Å². The summed E-state index contributed by atoms with van der Waals surface area (Å²) in [7, 11) is -0.431. The summed E-state index contributed by atoms with van der Waals surface area (Å²) in [5.74, 6) is -0.227. The zero-order chi connectivity index (χ0) is 18.9. The van der Waals surface area contributed by atoms with Crippen LogP contribution in [0.2, 0.25) is 24.7 Å². The minimum absolute atomic E-state index is 0.174. The van der Waals surface area contributed by atoms with Crippen LogP contribution < -0.4 is 0 Å². The number of rotatable bonds is 4. The minimum atomic E-state index is -1.84. The Balaban J connectivity index is 2.08. The van der Waals surface area contributed by atoms with Crippen LogP contribution in [0, 0.1) is 5.92 Å². The molecule has 1 saturated carbocycles. The molecule has 26 heavy (non-hydrogen) atoms.